The zero-order valence-electron chi connectivity index (χ0n) is 15.3. The third kappa shape index (κ3) is 2.48. The van der Waals surface area contributed by atoms with Gasteiger partial charge in [0.1, 0.15) is 11.4 Å². The molecular weight excluding hydrogens is 352 g/mol. The van der Waals surface area contributed by atoms with Crippen LogP contribution < -0.4 is 4.90 Å². The lowest BCUT2D eigenvalue weighted by Gasteiger charge is -2.35. The quantitative estimate of drug-likeness (QED) is 0.680. The molecule has 2 heterocycles. The van der Waals surface area contributed by atoms with Gasteiger partial charge in [-0.15, -0.1) is 0 Å². The van der Waals surface area contributed by atoms with Crippen LogP contribution in [0, 0.1) is 0 Å². The number of amides is 1. The molecule has 2 aliphatic heterocycles. The van der Waals surface area contributed by atoms with Crippen LogP contribution in [-0.4, -0.2) is 35.8 Å². The first kappa shape index (κ1) is 17.5. The normalized spacial score (nSPS) is 27.4. The molecule has 0 bridgehead atoms. The number of hydrogen-bond donors (Lipinski definition) is 0. The van der Waals surface area contributed by atoms with E-state index in [2.05, 4.69) is 0 Å². The lowest BCUT2D eigenvalue weighted by atomic mass is 9.71. The summed E-state index contributed by atoms with van der Waals surface area (Å²) in [6.07, 6.45) is 1.77. The van der Waals surface area contributed by atoms with Crippen LogP contribution in [0.5, 0.6) is 0 Å². The maximum absolute atomic E-state index is 13.1. The number of ether oxygens (including phenoxy) is 1. The third-order valence-corrected chi connectivity index (χ3v) is 5.87. The fourth-order valence-electron chi connectivity index (χ4n) is 4.67. The molecule has 1 aliphatic carbocycles. The summed E-state index contributed by atoms with van der Waals surface area (Å²) >= 11 is 6.62. The summed E-state index contributed by atoms with van der Waals surface area (Å²) in [7, 11) is 0. The molecule has 3 aliphatic rings. The van der Waals surface area contributed by atoms with E-state index < -0.39 is 17.1 Å². The number of carbonyl (C=O) groups is 2. The van der Waals surface area contributed by atoms with Crippen LogP contribution in [0.2, 0.25) is 5.02 Å². The van der Waals surface area contributed by atoms with E-state index in [0.29, 0.717) is 30.8 Å². The Bertz CT molecular complexity index is 827. The fourth-order valence-corrected chi connectivity index (χ4v) is 5.01. The molecule has 2 atom stereocenters. The number of Topliss-reactive ketones (excluding diaryl/α,β-unsaturated/α-hetero) is 1. The molecule has 5 nitrogen and oxygen atoms in total. The summed E-state index contributed by atoms with van der Waals surface area (Å²) in [6.45, 7) is 6.23. The van der Waals surface area contributed by atoms with Crippen molar-refractivity contribution in [2.45, 2.75) is 63.5 Å². The van der Waals surface area contributed by atoms with E-state index in [0.717, 1.165) is 23.4 Å². The van der Waals surface area contributed by atoms with Gasteiger partial charge in [-0.1, -0.05) is 17.7 Å². The number of hydrogen-bond acceptors (Lipinski definition) is 4. The monoisotopic (exact) mass is 374 g/mol. The zero-order chi connectivity index (χ0) is 18.7. The smallest absolute Gasteiger partial charge is 0.415 e. The van der Waals surface area contributed by atoms with Crippen molar-refractivity contribution < 1.29 is 14.3 Å². The van der Waals surface area contributed by atoms with Crippen molar-refractivity contribution in [2.24, 2.45) is 4.99 Å². The van der Waals surface area contributed by atoms with Crippen LogP contribution >= 0.6 is 11.6 Å². The average molecular weight is 375 g/mol. The summed E-state index contributed by atoms with van der Waals surface area (Å²) in [4.78, 5) is 32.0. The summed E-state index contributed by atoms with van der Waals surface area (Å²) < 4.78 is 5.68. The molecule has 1 fully saturated rings. The first-order chi connectivity index (χ1) is 12.2. The van der Waals surface area contributed by atoms with Crippen molar-refractivity contribution in [1.29, 1.82) is 0 Å². The Balaban J connectivity index is 1.91. The van der Waals surface area contributed by atoms with Gasteiger partial charge in [0.05, 0.1) is 17.1 Å². The highest BCUT2D eigenvalue weighted by atomic mass is 35.5. The molecule has 6 heteroatoms. The maximum atomic E-state index is 13.1. The van der Waals surface area contributed by atoms with Crippen LogP contribution in [0.1, 0.15) is 52.0 Å². The minimum absolute atomic E-state index is 0.156. The second-order valence-electron chi connectivity index (χ2n) is 8.29. The predicted molar refractivity (Wildman–Crippen MR) is 101 cm³/mol. The van der Waals surface area contributed by atoms with Crippen LogP contribution in [0.25, 0.3) is 0 Å². The average Bonchev–Trinajstić information content (AvgIpc) is 3.03. The summed E-state index contributed by atoms with van der Waals surface area (Å²) in [5, 5.41) is 0.627. The van der Waals surface area contributed by atoms with Crippen molar-refractivity contribution in [3.63, 3.8) is 0 Å². The Morgan fingerprint density at radius 1 is 1.35 bits per heavy atom. The van der Waals surface area contributed by atoms with E-state index in [-0.39, 0.29) is 11.8 Å². The van der Waals surface area contributed by atoms with E-state index in [4.69, 9.17) is 21.3 Å². The van der Waals surface area contributed by atoms with Gasteiger partial charge in [-0.25, -0.2) is 4.79 Å². The van der Waals surface area contributed by atoms with Gasteiger partial charge in [-0.05, 0) is 45.7 Å². The van der Waals surface area contributed by atoms with Crippen molar-refractivity contribution in [1.82, 2.24) is 0 Å². The van der Waals surface area contributed by atoms with Crippen LogP contribution in [0.4, 0.5) is 10.5 Å². The van der Waals surface area contributed by atoms with Gasteiger partial charge in [-0.2, -0.15) is 0 Å². The molecule has 1 aromatic rings. The van der Waals surface area contributed by atoms with E-state index in [9.17, 15) is 9.59 Å². The summed E-state index contributed by atoms with van der Waals surface area (Å²) in [5.74, 6) is 0.156. The van der Waals surface area contributed by atoms with E-state index in [1.165, 1.54) is 0 Å². The van der Waals surface area contributed by atoms with Crippen molar-refractivity contribution >= 4 is 34.9 Å². The van der Waals surface area contributed by atoms with Crippen LogP contribution in [0.3, 0.4) is 0 Å². The van der Waals surface area contributed by atoms with Crippen molar-refractivity contribution in [2.75, 3.05) is 11.4 Å². The minimum Gasteiger partial charge on any atom is -0.443 e. The van der Waals surface area contributed by atoms with Gasteiger partial charge in [0.25, 0.3) is 0 Å². The standard InChI is InChI=1S/C20H23ClN2O3/c1-19(2,3)26-18(25)23-14-6-4-5-13(21)17(14)20-9-10-22-15(20)8-7-12(24)11-16(20)23/h4-6,16H,7-11H2,1-3H3/t16-,20+/m0/s1. The van der Waals surface area contributed by atoms with Crippen LogP contribution in [0.15, 0.2) is 23.2 Å². The number of benzene rings is 1. The molecule has 1 saturated carbocycles. The number of halogens is 1. The Labute approximate surface area is 158 Å². The van der Waals surface area contributed by atoms with Gasteiger partial charge in [0.2, 0.25) is 0 Å². The number of anilines is 1. The Hall–Kier alpha value is -1.88. The molecule has 1 amide bonds. The maximum Gasteiger partial charge on any atom is 0.415 e. The fraction of sp³-hybridized carbons (Fsp3) is 0.550. The number of rotatable bonds is 0. The molecular formula is C20H23ClN2O3. The van der Waals surface area contributed by atoms with Gasteiger partial charge < -0.3 is 4.74 Å². The number of nitrogens with zero attached hydrogens (tertiary/aromatic N) is 2. The van der Waals surface area contributed by atoms with Gasteiger partial charge in [0, 0.05) is 35.7 Å². The summed E-state index contributed by atoms with van der Waals surface area (Å²) in [5.41, 5.74) is 1.61. The third-order valence-electron chi connectivity index (χ3n) is 5.55. The SMILES string of the molecule is CC(C)(C)OC(=O)N1c2cccc(Cl)c2[C@]23CCN=C2CCC(=O)C[C@H]13. The molecule has 0 unspecified atom stereocenters. The largest absolute Gasteiger partial charge is 0.443 e. The number of carbonyl (C=O) groups excluding carboxylic acids is 2. The molecule has 1 spiro atoms. The molecule has 26 heavy (non-hydrogen) atoms. The van der Waals surface area contributed by atoms with E-state index in [1.54, 1.807) is 4.90 Å². The molecule has 138 valence electrons. The topological polar surface area (TPSA) is 59.0 Å². The second kappa shape index (κ2) is 5.81. The highest BCUT2D eigenvalue weighted by molar-refractivity contribution is 6.33. The van der Waals surface area contributed by atoms with Gasteiger partial charge in [-0.3, -0.25) is 14.7 Å². The molecule has 0 N–H and O–H groups in total. The Morgan fingerprint density at radius 3 is 2.85 bits per heavy atom. The molecule has 4 rings (SSSR count). The van der Waals surface area contributed by atoms with Crippen molar-refractivity contribution in [3.8, 4) is 0 Å². The molecule has 0 aromatic heterocycles. The molecule has 0 saturated heterocycles. The Kier molecular flexibility index (Phi) is 3.92. The highest BCUT2D eigenvalue weighted by Gasteiger charge is 2.59. The van der Waals surface area contributed by atoms with Crippen LogP contribution in [-0.2, 0) is 14.9 Å². The van der Waals surface area contributed by atoms with Gasteiger partial charge >= 0.3 is 6.09 Å². The highest BCUT2D eigenvalue weighted by Crippen LogP contribution is 2.56. The van der Waals surface area contributed by atoms with Gasteiger partial charge in [0.15, 0.2) is 0 Å². The van der Waals surface area contributed by atoms with E-state index in [1.807, 2.05) is 39.0 Å². The first-order valence-electron chi connectivity index (χ1n) is 9.11. The number of aliphatic imine (C=N–C) groups is 1. The second-order valence-corrected chi connectivity index (χ2v) is 8.70. The lowest BCUT2D eigenvalue weighted by Crippen LogP contribution is -2.51. The summed E-state index contributed by atoms with van der Waals surface area (Å²) in [6, 6.07) is 5.28. The Morgan fingerprint density at radius 2 is 2.12 bits per heavy atom. The lowest BCUT2D eigenvalue weighted by molar-refractivity contribution is -0.119. The number of ketones is 1. The van der Waals surface area contributed by atoms with Crippen molar-refractivity contribution in [3.05, 3.63) is 28.8 Å². The molecule has 0 radical (unpaired) electrons. The zero-order valence-corrected chi connectivity index (χ0v) is 16.1. The van der Waals surface area contributed by atoms with E-state index >= 15 is 0 Å². The first-order valence-corrected chi connectivity index (χ1v) is 9.48. The minimum atomic E-state index is -0.618. The predicted octanol–water partition coefficient (Wildman–Crippen LogP) is 4.30. The number of fused-ring (bicyclic) bond motifs is 1. The molecule has 1 aromatic carbocycles.